The van der Waals surface area contributed by atoms with Crippen molar-refractivity contribution in [3.05, 3.63) is 35.4 Å². The van der Waals surface area contributed by atoms with Crippen molar-refractivity contribution in [2.45, 2.75) is 20.5 Å². The Kier molecular flexibility index (Phi) is 4.42. The van der Waals surface area contributed by atoms with Crippen molar-refractivity contribution < 1.29 is 14.3 Å². The van der Waals surface area contributed by atoms with Gasteiger partial charge in [-0.25, -0.2) is 4.79 Å². The van der Waals surface area contributed by atoms with E-state index >= 15 is 0 Å². The Labute approximate surface area is 122 Å². The molecule has 2 rings (SSSR count). The van der Waals surface area contributed by atoms with Crippen LogP contribution in [0.15, 0.2) is 18.2 Å². The maximum absolute atomic E-state index is 12.2. The first-order valence-electron chi connectivity index (χ1n) is 6.57. The molecule has 0 amide bonds. The van der Waals surface area contributed by atoms with Crippen molar-refractivity contribution in [2.24, 2.45) is 7.05 Å². The molecule has 21 heavy (non-hydrogen) atoms. The molecule has 0 radical (unpaired) electrons. The Morgan fingerprint density at radius 2 is 2.14 bits per heavy atom. The van der Waals surface area contributed by atoms with E-state index in [2.05, 4.69) is 10.2 Å². The molecule has 1 heterocycles. The molecule has 2 aromatic rings. The summed E-state index contributed by atoms with van der Waals surface area (Å²) in [5.74, 6) is 1.16. The number of aryl methyl sites for hydroxylation is 1. The summed E-state index contributed by atoms with van der Waals surface area (Å²) in [5, 5.41) is 7.84. The van der Waals surface area contributed by atoms with Gasteiger partial charge in [-0.05, 0) is 26.0 Å². The molecule has 7 heteroatoms. The van der Waals surface area contributed by atoms with Gasteiger partial charge in [0, 0.05) is 7.05 Å². The minimum Gasteiger partial charge on any atom is -0.491 e. The Balaban J connectivity index is 2.14. The molecule has 0 aliphatic carbocycles. The number of nitrogen functional groups attached to an aromatic ring is 1. The molecule has 112 valence electrons. The second kappa shape index (κ2) is 6.25. The highest BCUT2D eigenvalue weighted by Gasteiger charge is 2.17. The summed E-state index contributed by atoms with van der Waals surface area (Å²) in [5.41, 5.74) is 6.53. The number of ether oxygens (including phenoxy) is 2. The number of hydrogen-bond donors (Lipinski definition) is 1. The van der Waals surface area contributed by atoms with Gasteiger partial charge in [-0.1, -0.05) is 6.07 Å². The van der Waals surface area contributed by atoms with Crippen molar-refractivity contribution >= 4 is 11.7 Å². The lowest BCUT2D eigenvalue weighted by Crippen LogP contribution is -2.11. The molecule has 0 atom stereocenters. The van der Waals surface area contributed by atoms with E-state index in [-0.39, 0.29) is 6.61 Å². The quantitative estimate of drug-likeness (QED) is 0.662. The molecule has 1 aromatic heterocycles. The Bertz CT molecular complexity index is 652. The topological polar surface area (TPSA) is 92.3 Å². The zero-order valence-corrected chi connectivity index (χ0v) is 12.3. The van der Waals surface area contributed by atoms with Gasteiger partial charge in [0.25, 0.3) is 0 Å². The average molecular weight is 290 g/mol. The van der Waals surface area contributed by atoms with E-state index in [1.165, 1.54) is 0 Å². The number of anilines is 1. The normalized spacial score (nSPS) is 10.4. The third-order valence-electron chi connectivity index (χ3n) is 3.07. The minimum atomic E-state index is -0.508. The standard InChI is InChI=1S/C14H18N4O3/c1-4-20-13-10(6-5-7-11(13)15)14(19)21-8-12-17-16-9(2)18(12)3/h5-7H,4,8,15H2,1-3H3. The average Bonchev–Trinajstić information content (AvgIpc) is 2.78. The van der Waals surface area contributed by atoms with Gasteiger partial charge in [0.05, 0.1) is 12.3 Å². The number of nitrogens with zero attached hydrogens (tertiary/aromatic N) is 3. The van der Waals surface area contributed by atoms with Crippen molar-refractivity contribution in [2.75, 3.05) is 12.3 Å². The summed E-state index contributed by atoms with van der Waals surface area (Å²) < 4.78 is 12.4. The van der Waals surface area contributed by atoms with Crippen LogP contribution in [0.25, 0.3) is 0 Å². The fourth-order valence-electron chi connectivity index (χ4n) is 1.81. The van der Waals surface area contributed by atoms with Crippen LogP contribution >= 0.6 is 0 Å². The van der Waals surface area contributed by atoms with Gasteiger partial charge in [0.1, 0.15) is 11.4 Å². The maximum atomic E-state index is 12.2. The number of hydrogen-bond acceptors (Lipinski definition) is 6. The smallest absolute Gasteiger partial charge is 0.342 e. The maximum Gasteiger partial charge on any atom is 0.342 e. The highest BCUT2D eigenvalue weighted by atomic mass is 16.5. The van der Waals surface area contributed by atoms with Crippen molar-refractivity contribution in [3.8, 4) is 5.75 Å². The second-order valence-electron chi connectivity index (χ2n) is 4.46. The highest BCUT2D eigenvalue weighted by molar-refractivity contribution is 5.94. The molecular weight excluding hydrogens is 272 g/mol. The Hall–Kier alpha value is -2.57. The highest BCUT2D eigenvalue weighted by Crippen LogP contribution is 2.27. The van der Waals surface area contributed by atoms with Gasteiger partial charge in [0.2, 0.25) is 0 Å². The summed E-state index contributed by atoms with van der Waals surface area (Å²) in [6.07, 6.45) is 0. The SMILES string of the molecule is CCOc1c(N)cccc1C(=O)OCc1nnc(C)n1C. The van der Waals surface area contributed by atoms with Crippen LogP contribution in [0.1, 0.15) is 28.9 Å². The molecule has 2 N–H and O–H groups in total. The van der Waals surface area contributed by atoms with Crippen LogP contribution in [-0.4, -0.2) is 27.3 Å². The lowest BCUT2D eigenvalue weighted by molar-refractivity contribution is 0.0454. The first-order chi connectivity index (χ1) is 10.0. The Morgan fingerprint density at radius 1 is 1.38 bits per heavy atom. The number of rotatable bonds is 5. The number of carbonyl (C=O) groups is 1. The molecule has 0 saturated heterocycles. The van der Waals surface area contributed by atoms with E-state index < -0.39 is 5.97 Å². The summed E-state index contributed by atoms with van der Waals surface area (Å²) in [6.45, 7) is 4.10. The molecule has 7 nitrogen and oxygen atoms in total. The number of benzene rings is 1. The molecule has 0 aliphatic rings. The van der Waals surface area contributed by atoms with E-state index in [1.807, 2.05) is 20.9 Å². The number of aromatic nitrogens is 3. The van der Waals surface area contributed by atoms with Crippen LogP contribution < -0.4 is 10.5 Å². The van der Waals surface area contributed by atoms with E-state index in [9.17, 15) is 4.79 Å². The van der Waals surface area contributed by atoms with Gasteiger partial charge >= 0.3 is 5.97 Å². The van der Waals surface area contributed by atoms with Gasteiger partial charge in [0.15, 0.2) is 18.2 Å². The number of esters is 1. The van der Waals surface area contributed by atoms with Gasteiger partial charge in [-0.2, -0.15) is 0 Å². The fraction of sp³-hybridized carbons (Fsp3) is 0.357. The third kappa shape index (κ3) is 3.13. The van der Waals surface area contributed by atoms with Crippen LogP contribution in [0.3, 0.4) is 0 Å². The molecule has 0 fully saturated rings. The lowest BCUT2D eigenvalue weighted by atomic mass is 10.2. The van der Waals surface area contributed by atoms with Gasteiger partial charge in [-0.15, -0.1) is 10.2 Å². The van der Waals surface area contributed by atoms with Crippen molar-refractivity contribution in [1.29, 1.82) is 0 Å². The van der Waals surface area contributed by atoms with Gasteiger partial charge in [-0.3, -0.25) is 0 Å². The molecule has 0 saturated carbocycles. The first kappa shape index (κ1) is 14.8. The first-order valence-corrected chi connectivity index (χ1v) is 6.57. The monoisotopic (exact) mass is 290 g/mol. The minimum absolute atomic E-state index is 0.0382. The lowest BCUT2D eigenvalue weighted by Gasteiger charge is -2.12. The van der Waals surface area contributed by atoms with Crippen molar-refractivity contribution in [1.82, 2.24) is 14.8 Å². The largest absolute Gasteiger partial charge is 0.491 e. The summed E-state index contributed by atoms with van der Waals surface area (Å²) in [6, 6.07) is 4.97. The molecule has 0 bridgehead atoms. The van der Waals surface area contributed by atoms with E-state index in [0.29, 0.717) is 29.4 Å². The van der Waals surface area contributed by atoms with Crippen molar-refractivity contribution in [3.63, 3.8) is 0 Å². The van der Waals surface area contributed by atoms with Crippen LogP contribution in [0, 0.1) is 6.92 Å². The zero-order chi connectivity index (χ0) is 15.4. The van der Waals surface area contributed by atoms with Crippen LogP contribution in [0.4, 0.5) is 5.69 Å². The molecule has 0 spiro atoms. The number of para-hydroxylation sites is 1. The van der Waals surface area contributed by atoms with Gasteiger partial charge < -0.3 is 19.8 Å². The molecular formula is C14H18N4O3. The Morgan fingerprint density at radius 3 is 2.76 bits per heavy atom. The predicted octanol–water partition coefficient (Wildman–Crippen LogP) is 1.46. The van der Waals surface area contributed by atoms with E-state index in [0.717, 1.165) is 5.82 Å². The summed E-state index contributed by atoms with van der Waals surface area (Å²) in [7, 11) is 1.81. The zero-order valence-electron chi connectivity index (χ0n) is 12.3. The summed E-state index contributed by atoms with van der Waals surface area (Å²) in [4.78, 5) is 12.2. The number of carbonyl (C=O) groups excluding carboxylic acids is 1. The molecule has 0 unspecified atom stereocenters. The van der Waals surface area contributed by atoms with Crippen LogP contribution in [0.5, 0.6) is 5.75 Å². The second-order valence-corrected chi connectivity index (χ2v) is 4.46. The fourth-order valence-corrected chi connectivity index (χ4v) is 1.81. The van der Waals surface area contributed by atoms with E-state index in [1.54, 1.807) is 22.8 Å². The van der Waals surface area contributed by atoms with E-state index in [4.69, 9.17) is 15.2 Å². The summed E-state index contributed by atoms with van der Waals surface area (Å²) >= 11 is 0. The number of nitrogens with two attached hydrogens (primary N) is 1. The molecule has 0 aliphatic heterocycles. The predicted molar refractivity (Wildman–Crippen MR) is 76.9 cm³/mol. The molecule has 1 aromatic carbocycles. The van der Waals surface area contributed by atoms with Crippen LogP contribution in [-0.2, 0) is 18.4 Å². The third-order valence-corrected chi connectivity index (χ3v) is 3.07. The van der Waals surface area contributed by atoms with Crippen LogP contribution in [0.2, 0.25) is 0 Å².